The van der Waals surface area contributed by atoms with Gasteiger partial charge >= 0.3 is 0 Å². The van der Waals surface area contributed by atoms with Crippen molar-refractivity contribution in [3.05, 3.63) is 34.6 Å². The number of H-pyrrole nitrogens is 1. The monoisotopic (exact) mass is 234 g/mol. The maximum Gasteiger partial charge on any atom is 0.212 e. The van der Waals surface area contributed by atoms with Crippen LogP contribution in [0, 0.1) is 6.92 Å². The number of aromatic nitrogens is 3. The standard InChI is InChI=1S/C11H11ClN4/c1-6-2-7(12)3-9-10(6)15-11-14-8(4-13)5-16(9)11/h2-3,5H,4,13H2,1H3,(H,14,15). The second-order valence-electron chi connectivity index (χ2n) is 3.88. The van der Waals surface area contributed by atoms with E-state index in [-0.39, 0.29) is 0 Å². The maximum absolute atomic E-state index is 6.05. The van der Waals surface area contributed by atoms with Crippen molar-refractivity contribution >= 4 is 28.4 Å². The molecule has 0 aliphatic rings. The van der Waals surface area contributed by atoms with Crippen LogP contribution in [0.2, 0.25) is 5.02 Å². The summed E-state index contributed by atoms with van der Waals surface area (Å²) < 4.78 is 1.98. The van der Waals surface area contributed by atoms with E-state index < -0.39 is 0 Å². The number of halogens is 1. The van der Waals surface area contributed by atoms with Crippen LogP contribution in [0.1, 0.15) is 11.3 Å². The smallest absolute Gasteiger partial charge is 0.212 e. The topological polar surface area (TPSA) is 59.1 Å². The van der Waals surface area contributed by atoms with Gasteiger partial charge in [-0.15, -0.1) is 0 Å². The van der Waals surface area contributed by atoms with Gasteiger partial charge in [0.05, 0.1) is 11.0 Å². The molecule has 0 radical (unpaired) electrons. The zero-order valence-electron chi connectivity index (χ0n) is 8.79. The summed E-state index contributed by atoms with van der Waals surface area (Å²) in [5, 5.41) is 0.724. The summed E-state index contributed by atoms with van der Waals surface area (Å²) in [5.74, 6) is 0.806. The molecular weight excluding hydrogens is 224 g/mol. The Morgan fingerprint density at radius 1 is 1.50 bits per heavy atom. The average Bonchev–Trinajstić information content (AvgIpc) is 2.76. The zero-order chi connectivity index (χ0) is 11.3. The van der Waals surface area contributed by atoms with Crippen LogP contribution in [0.15, 0.2) is 18.3 Å². The molecule has 2 heterocycles. The Morgan fingerprint density at radius 3 is 3.06 bits per heavy atom. The van der Waals surface area contributed by atoms with Crippen LogP contribution in [0.25, 0.3) is 16.8 Å². The number of nitrogens with one attached hydrogen (secondary N) is 1. The first kappa shape index (κ1) is 9.69. The van der Waals surface area contributed by atoms with Crippen molar-refractivity contribution in [2.45, 2.75) is 13.5 Å². The van der Waals surface area contributed by atoms with Gasteiger partial charge in [-0.1, -0.05) is 11.6 Å². The lowest BCUT2D eigenvalue weighted by Crippen LogP contribution is -1.95. The maximum atomic E-state index is 6.05. The van der Waals surface area contributed by atoms with Crippen molar-refractivity contribution in [1.29, 1.82) is 0 Å². The van der Waals surface area contributed by atoms with Gasteiger partial charge in [0.2, 0.25) is 5.78 Å². The SMILES string of the molecule is Cc1cc(Cl)cc2c1nc1[nH]c(CN)cn12. The molecule has 3 N–H and O–H groups in total. The first-order valence-corrected chi connectivity index (χ1v) is 5.42. The summed E-state index contributed by atoms with van der Waals surface area (Å²) in [4.78, 5) is 7.68. The Kier molecular flexibility index (Phi) is 1.96. The molecule has 0 saturated heterocycles. The average molecular weight is 235 g/mol. The number of hydrogen-bond donors (Lipinski definition) is 2. The van der Waals surface area contributed by atoms with Crippen LogP contribution in [-0.2, 0) is 6.54 Å². The lowest BCUT2D eigenvalue weighted by atomic mass is 10.2. The molecule has 0 fully saturated rings. The molecule has 16 heavy (non-hydrogen) atoms. The normalized spacial score (nSPS) is 11.7. The second kappa shape index (κ2) is 3.23. The Morgan fingerprint density at radius 2 is 2.31 bits per heavy atom. The minimum absolute atomic E-state index is 0.477. The van der Waals surface area contributed by atoms with Crippen molar-refractivity contribution in [3.63, 3.8) is 0 Å². The molecule has 0 atom stereocenters. The van der Waals surface area contributed by atoms with E-state index in [1.807, 2.05) is 29.7 Å². The van der Waals surface area contributed by atoms with Crippen molar-refractivity contribution in [3.8, 4) is 0 Å². The molecule has 1 aromatic carbocycles. The summed E-state index contributed by atoms with van der Waals surface area (Å²) in [6.07, 6.45) is 1.96. The van der Waals surface area contributed by atoms with E-state index in [1.165, 1.54) is 0 Å². The van der Waals surface area contributed by atoms with Gasteiger partial charge in [0.1, 0.15) is 0 Å². The highest BCUT2D eigenvalue weighted by molar-refractivity contribution is 6.31. The Balaban J connectivity index is 2.45. The number of fused-ring (bicyclic) bond motifs is 3. The Hall–Kier alpha value is -1.52. The summed E-state index contributed by atoms with van der Waals surface area (Å²) >= 11 is 6.05. The molecule has 0 spiro atoms. The van der Waals surface area contributed by atoms with Gasteiger partial charge in [-0.25, -0.2) is 4.98 Å². The van der Waals surface area contributed by atoms with Crippen molar-refractivity contribution in [2.24, 2.45) is 5.73 Å². The van der Waals surface area contributed by atoms with E-state index in [4.69, 9.17) is 17.3 Å². The fourth-order valence-corrected chi connectivity index (χ4v) is 2.24. The largest absolute Gasteiger partial charge is 0.326 e. The highest BCUT2D eigenvalue weighted by atomic mass is 35.5. The van der Waals surface area contributed by atoms with Gasteiger partial charge in [0.25, 0.3) is 0 Å². The summed E-state index contributed by atoms with van der Waals surface area (Å²) in [7, 11) is 0. The van der Waals surface area contributed by atoms with Gasteiger partial charge in [-0.3, -0.25) is 4.40 Å². The second-order valence-corrected chi connectivity index (χ2v) is 4.32. The molecule has 2 aromatic heterocycles. The number of rotatable bonds is 1. The number of aryl methyl sites for hydroxylation is 1. The van der Waals surface area contributed by atoms with Gasteiger partial charge < -0.3 is 10.7 Å². The third-order valence-corrected chi connectivity index (χ3v) is 2.95. The van der Waals surface area contributed by atoms with Crippen molar-refractivity contribution < 1.29 is 0 Å². The van der Waals surface area contributed by atoms with Crippen LogP contribution < -0.4 is 5.73 Å². The van der Waals surface area contributed by atoms with Gasteiger partial charge in [0.15, 0.2) is 0 Å². The fraction of sp³-hybridized carbons (Fsp3) is 0.182. The zero-order valence-corrected chi connectivity index (χ0v) is 9.54. The third-order valence-electron chi connectivity index (χ3n) is 2.73. The Bertz CT molecular complexity index is 680. The molecule has 0 unspecified atom stereocenters. The molecular formula is C11H11ClN4. The number of nitrogens with zero attached hydrogens (tertiary/aromatic N) is 2. The van der Waals surface area contributed by atoms with Crippen LogP contribution >= 0.6 is 11.6 Å². The number of aromatic amines is 1. The predicted octanol–water partition coefficient (Wildman–Crippen LogP) is 2.24. The number of nitrogens with two attached hydrogens (primary N) is 1. The predicted molar refractivity (Wildman–Crippen MR) is 64.7 cm³/mol. The fourth-order valence-electron chi connectivity index (χ4n) is 1.98. The summed E-state index contributed by atoms with van der Waals surface area (Å²) in [5.41, 5.74) is 9.60. The third kappa shape index (κ3) is 1.24. The van der Waals surface area contributed by atoms with Gasteiger partial charge in [-0.2, -0.15) is 0 Å². The molecule has 0 bridgehead atoms. The molecule has 0 aliphatic heterocycles. The molecule has 4 nitrogen and oxygen atoms in total. The van der Waals surface area contributed by atoms with Crippen LogP contribution in [0.4, 0.5) is 0 Å². The number of hydrogen-bond acceptors (Lipinski definition) is 2. The van der Waals surface area contributed by atoms with Gasteiger partial charge in [0, 0.05) is 23.5 Å². The minimum atomic E-state index is 0.477. The highest BCUT2D eigenvalue weighted by Crippen LogP contribution is 2.24. The molecule has 0 aliphatic carbocycles. The molecule has 0 saturated carbocycles. The van der Waals surface area contributed by atoms with E-state index in [1.54, 1.807) is 0 Å². The van der Waals surface area contributed by atoms with E-state index in [2.05, 4.69) is 9.97 Å². The first-order valence-electron chi connectivity index (χ1n) is 5.05. The molecule has 5 heteroatoms. The quantitative estimate of drug-likeness (QED) is 0.678. The lowest BCUT2D eigenvalue weighted by molar-refractivity contribution is 1.01. The highest BCUT2D eigenvalue weighted by Gasteiger charge is 2.10. The Labute approximate surface area is 97.0 Å². The van der Waals surface area contributed by atoms with Crippen LogP contribution in [0.3, 0.4) is 0 Å². The van der Waals surface area contributed by atoms with E-state index in [0.29, 0.717) is 6.54 Å². The molecule has 3 aromatic rings. The van der Waals surface area contributed by atoms with E-state index in [9.17, 15) is 0 Å². The minimum Gasteiger partial charge on any atom is -0.326 e. The summed E-state index contributed by atoms with van der Waals surface area (Å²) in [6.45, 7) is 2.48. The van der Waals surface area contributed by atoms with Crippen LogP contribution in [-0.4, -0.2) is 14.4 Å². The number of imidazole rings is 2. The first-order chi connectivity index (χ1) is 7.69. The lowest BCUT2D eigenvalue weighted by Gasteiger charge is -1.96. The summed E-state index contributed by atoms with van der Waals surface area (Å²) in [6, 6.07) is 3.83. The number of benzene rings is 1. The van der Waals surface area contributed by atoms with Gasteiger partial charge in [-0.05, 0) is 24.6 Å². The van der Waals surface area contributed by atoms with Crippen molar-refractivity contribution in [1.82, 2.24) is 14.4 Å². The molecule has 3 rings (SSSR count). The molecule has 82 valence electrons. The van der Waals surface area contributed by atoms with Crippen molar-refractivity contribution in [2.75, 3.05) is 0 Å². The van der Waals surface area contributed by atoms with E-state index >= 15 is 0 Å². The van der Waals surface area contributed by atoms with Crippen LogP contribution in [0.5, 0.6) is 0 Å². The van der Waals surface area contributed by atoms with E-state index in [0.717, 1.165) is 33.1 Å². The molecule has 0 amide bonds.